The van der Waals surface area contributed by atoms with E-state index in [-0.39, 0.29) is 6.04 Å². The molecule has 21 heavy (non-hydrogen) atoms. The van der Waals surface area contributed by atoms with Gasteiger partial charge in [-0.05, 0) is 30.2 Å². The molecule has 0 aliphatic rings. The Morgan fingerprint density at radius 2 is 2.10 bits per heavy atom. The molecule has 3 rings (SSSR count). The van der Waals surface area contributed by atoms with Gasteiger partial charge in [-0.2, -0.15) is 0 Å². The fourth-order valence-corrected chi connectivity index (χ4v) is 2.22. The second-order valence-electron chi connectivity index (χ2n) is 4.97. The topological polar surface area (TPSA) is 61.3 Å². The predicted octanol–water partition coefficient (Wildman–Crippen LogP) is 3.66. The Bertz CT molecular complexity index is 703. The van der Waals surface area contributed by atoms with Crippen molar-refractivity contribution in [3.63, 3.8) is 0 Å². The van der Waals surface area contributed by atoms with Crippen molar-refractivity contribution in [1.82, 2.24) is 4.98 Å². The van der Waals surface area contributed by atoms with Crippen molar-refractivity contribution in [3.8, 4) is 5.75 Å². The first kappa shape index (κ1) is 13.6. The molecule has 0 aliphatic carbocycles. The van der Waals surface area contributed by atoms with E-state index in [4.69, 9.17) is 14.9 Å². The Labute approximate surface area is 123 Å². The average molecular weight is 282 g/mol. The van der Waals surface area contributed by atoms with Crippen LogP contribution >= 0.6 is 0 Å². The summed E-state index contributed by atoms with van der Waals surface area (Å²) < 4.78 is 11.4. The van der Waals surface area contributed by atoms with Gasteiger partial charge in [0, 0.05) is 11.6 Å². The molecule has 0 fully saturated rings. The summed E-state index contributed by atoms with van der Waals surface area (Å²) in [5.74, 6) is 1.46. The molecule has 0 saturated carbocycles. The number of hydrogen-bond acceptors (Lipinski definition) is 4. The van der Waals surface area contributed by atoms with Gasteiger partial charge in [0.15, 0.2) is 0 Å². The molecule has 108 valence electrons. The standard InChI is InChI=1S/C17H18N2O2/c1-2-7-20-14-8-13(10-19-11-14)17(18)16-9-12-5-3-4-6-15(12)21-16/h3-6,8-11,17H,2,7,18H2,1H3. The van der Waals surface area contributed by atoms with Crippen molar-refractivity contribution in [1.29, 1.82) is 0 Å². The fourth-order valence-electron chi connectivity index (χ4n) is 2.22. The van der Waals surface area contributed by atoms with Crippen LogP contribution in [0.25, 0.3) is 11.0 Å². The lowest BCUT2D eigenvalue weighted by molar-refractivity contribution is 0.315. The Morgan fingerprint density at radius 1 is 1.24 bits per heavy atom. The molecule has 1 atom stereocenters. The number of fused-ring (bicyclic) bond motifs is 1. The first-order valence-electron chi connectivity index (χ1n) is 7.09. The van der Waals surface area contributed by atoms with Crippen LogP contribution in [0.15, 0.2) is 53.2 Å². The maximum absolute atomic E-state index is 6.29. The second kappa shape index (κ2) is 5.97. The molecule has 0 bridgehead atoms. The van der Waals surface area contributed by atoms with E-state index in [0.29, 0.717) is 6.61 Å². The van der Waals surface area contributed by atoms with E-state index in [1.54, 1.807) is 12.4 Å². The summed E-state index contributed by atoms with van der Waals surface area (Å²) in [5.41, 5.74) is 8.01. The third-order valence-corrected chi connectivity index (χ3v) is 3.32. The van der Waals surface area contributed by atoms with Gasteiger partial charge in [-0.15, -0.1) is 0 Å². The maximum Gasteiger partial charge on any atom is 0.137 e. The van der Waals surface area contributed by atoms with Crippen molar-refractivity contribution in [3.05, 3.63) is 60.1 Å². The van der Waals surface area contributed by atoms with E-state index in [1.807, 2.05) is 36.4 Å². The zero-order valence-electron chi connectivity index (χ0n) is 12.0. The van der Waals surface area contributed by atoms with E-state index in [0.717, 1.165) is 34.5 Å². The van der Waals surface area contributed by atoms with Crippen LogP contribution in [0.1, 0.15) is 30.7 Å². The predicted molar refractivity (Wildman–Crippen MR) is 82.3 cm³/mol. The Morgan fingerprint density at radius 3 is 2.90 bits per heavy atom. The van der Waals surface area contributed by atoms with E-state index in [2.05, 4.69) is 11.9 Å². The summed E-state index contributed by atoms with van der Waals surface area (Å²) in [4.78, 5) is 4.19. The lowest BCUT2D eigenvalue weighted by Gasteiger charge is -2.10. The minimum atomic E-state index is -0.352. The van der Waals surface area contributed by atoms with Crippen molar-refractivity contribution >= 4 is 11.0 Å². The number of rotatable bonds is 5. The summed E-state index contributed by atoms with van der Waals surface area (Å²) in [6.07, 6.45) is 4.40. The lowest BCUT2D eigenvalue weighted by Crippen LogP contribution is -2.11. The number of hydrogen-bond donors (Lipinski definition) is 1. The van der Waals surface area contributed by atoms with Crippen LogP contribution in [0.3, 0.4) is 0 Å². The Hall–Kier alpha value is -2.33. The molecule has 3 aromatic rings. The van der Waals surface area contributed by atoms with Gasteiger partial charge in [0.2, 0.25) is 0 Å². The normalized spacial score (nSPS) is 12.5. The summed E-state index contributed by atoms with van der Waals surface area (Å²) >= 11 is 0. The molecule has 4 nitrogen and oxygen atoms in total. The van der Waals surface area contributed by atoms with Crippen LogP contribution in [0.2, 0.25) is 0 Å². The Balaban J connectivity index is 1.88. The lowest BCUT2D eigenvalue weighted by atomic mass is 10.1. The highest BCUT2D eigenvalue weighted by Gasteiger charge is 2.15. The van der Waals surface area contributed by atoms with Crippen LogP contribution in [-0.2, 0) is 0 Å². The average Bonchev–Trinajstić information content (AvgIpc) is 2.96. The molecule has 1 unspecified atom stereocenters. The van der Waals surface area contributed by atoms with Gasteiger partial charge in [-0.1, -0.05) is 25.1 Å². The fraction of sp³-hybridized carbons (Fsp3) is 0.235. The van der Waals surface area contributed by atoms with Gasteiger partial charge < -0.3 is 14.9 Å². The summed E-state index contributed by atoms with van der Waals surface area (Å²) in [6.45, 7) is 2.74. The number of para-hydroxylation sites is 1. The van der Waals surface area contributed by atoms with Gasteiger partial charge in [0.25, 0.3) is 0 Å². The van der Waals surface area contributed by atoms with Gasteiger partial charge >= 0.3 is 0 Å². The Kier molecular flexibility index (Phi) is 3.88. The van der Waals surface area contributed by atoms with E-state index in [1.165, 1.54) is 0 Å². The number of furan rings is 1. The molecule has 4 heteroatoms. The minimum absolute atomic E-state index is 0.352. The van der Waals surface area contributed by atoms with Gasteiger partial charge in [-0.25, -0.2) is 0 Å². The second-order valence-corrected chi connectivity index (χ2v) is 4.97. The number of pyridine rings is 1. The zero-order chi connectivity index (χ0) is 14.7. The van der Waals surface area contributed by atoms with E-state index >= 15 is 0 Å². The minimum Gasteiger partial charge on any atom is -0.492 e. The molecular formula is C17H18N2O2. The monoisotopic (exact) mass is 282 g/mol. The first-order valence-corrected chi connectivity index (χ1v) is 7.09. The highest BCUT2D eigenvalue weighted by atomic mass is 16.5. The van der Waals surface area contributed by atoms with Crippen molar-refractivity contribution in [2.24, 2.45) is 5.73 Å². The third kappa shape index (κ3) is 2.90. The molecule has 2 aromatic heterocycles. The summed E-state index contributed by atoms with van der Waals surface area (Å²) in [5, 5.41) is 1.05. The number of aromatic nitrogens is 1. The van der Waals surface area contributed by atoms with Gasteiger partial charge in [-0.3, -0.25) is 4.98 Å². The van der Waals surface area contributed by atoms with Crippen LogP contribution in [0.4, 0.5) is 0 Å². The largest absolute Gasteiger partial charge is 0.492 e. The summed E-state index contributed by atoms with van der Waals surface area (Å²) in [6, 6.07) is 11.4. The molecule has 2 heterocycles. The molecule has 0 radical (unpaired) electrons. The smallest absolute Gasteiger partial charge is 0.137 e. The number of nitrogens with zero attached hydrogens (tertiary/aromatic N) is 1. The molecule has 2 N–H and O–H groups in total. The highest BCUT2D eigenvalue weighted by molar-refractivity contribution is 5.77. The molecule has 1 aromatic carbocycles. The van der Waals surface area contributed by atoms with Crippen molar-refractivity contribution in [2.45, 2.75) is 19.4 Å². The van der Waals surface area contributed by atoms with Gasteiger partial charge in [0.1, 0.15) is 17.1 Å². The first-order chi connectivity index (χ1) is 10.3. The number of benzene rings is 1. The van der Waals surface area contributed by atoms with E-state index < -0.39 is 0 Å². The highest BCUT2D eigenvalue weighted by Crippen LogP contribution is 2.27. The zero-order valence-corrected chi connectivity index (χ0v) is 12.0. The molecule has 0 aliphatic heterocycles. The molecule has 0 saturated heterocycles. The maximum atomic E-state index is 6.29. The molecular weight excluding hydrogens is 264 g/mol. The van der Waals surface area contributed by atoms with Crippen LogP contribution in [0.5, 0.6) is 5.75 Å². The van der Waals surface area contributed by atoms with E-state index in [9.17, 15) is 0 Å². The third-order valence-electron chi connectivity index (χ3n) is 3.32. The quantitative estimate of drug-likeness (QED) is 0.775. The summed E-state index contributed by atoms with van der Waals surface area (Å²) in [7, 11) is 0. The van der Waals surface area contributed by atoms with Crippen molar-refractivity contribution in [2.75, 3.05) is 6.61 Å². The van der Waals surface area contributed by atoms with Gasteiger partial charge in [0.05, 0.1) is 18.8 Å². The van der Waals surface area contributed by atoms with Crippen LogP contribution in [-0.4, -0.2) is 11.6 Å². The molecule has 0 spiro atoms. The van der Waals surface area contributed by atoms with Crippen molar-refractivity contribution < 1.29 is 9.15 Å². The van der Waals surface area contributed by atoms with Crippen LogP contribution in [0, 0.1) is 0 Å². The molecule has 0 amide bonds. The SMILES string of the molecule is CCCOc1cncc(C(N)c2cc3ccccc3o2)c1. The van der Waals surface area contributed by atoms with Crippen LogP contribution < -0.4 is 10.5 Å². The number of ether oxygens (including phenoxy) is 1. The number of nitrogens with two attached hydrogens (primary N) is 1.